The van der Waals surface area contributed by atoms with Gasteiger partial charge in [0.2, 0.25) is 17.7 Å². The fourth-order valence-corrected chi connectivity index (χ4v) is 4.56. The van der Waals surface area contributed by atoms with Gasteiger partial charge >= 0.3 is 0 Å². The lowest BCUT2D eigenvalue weighted by Gasteiger charge is -2.37. The fourth-order valence-electron chi connectivity index (χ4n) is 4.56. The topological polar surface area (TPSA) is 129 Å². The number of aliphatic hydroxyl groups is 1. The molecule has 11 heteroatoms. The number of anilines is 1. The Balaban J connectivity index is 0.000000430. The molecule has 0 saturated carbocycles. The molecular weight excluding hydrogens is 508 g/mol. The normalized spacial score (nSPS) is 17.1. The van der Waals surface area contributed by atoms with E-state index in [1.165, 1.54) is 5.70 Å². The Morgan fingerprint density at radius 3 is 2.58 bits per heavy atom. The lowest BCUT2D eigenvalue weighted by Crippen LogP contribution is -2.47. The van der Waals surface area contributed by atoms with Gasteiger partial charge in [-0.05, 0) is 44.6 Å². The molecular formula is C29H44N8O3. The molecule has 5 rings (SSSR count). The molecule has 1 aliphatic heterocycles. The van der Waals surface area contributed by atoms with Gasteiger partial charge in [0.05, 0.1) is 18.6 Å². The molecule has 0 radical (unpaired) electrons. The first kappa shape index (κ1) is 30.8. The highest BCUT2D eigenvalue weighted by atomic mass is 16.3. The summed E-state index contributed by atoms with van der Waals surface area (Å²) < 4.78 is 6.94. The first-order valence-corrected chi connectivity index (χ1v) is 14.1. The molecule has 218 valence electrons. The maximum absolute atomic E-state index is 11.6. The van der Waals surface area contributed by atoms with Gasteiger partial charge in [-0.25, -0.2) is 9.97 Å². The number of hydrogen-bond acceptors (Lipinski definition) is 9. The molecule has 1 atom stereocenters. The third-order valence-electron chi connectivity index (χ3n) is 6.99. The van der Waals surface area contributed by atoms with E-state index < -0.39 is 0 Å². The van der Waals surface area contributed by atoms with Gasteiger partial charge in [-0.2, -0.15) is 4.52 Å². The van der Waals surface area contributed by atoms with Gasteiger partial charge in [0, 0.05) is 57.3 Å². The number of furan rings is 1. The number of allylic oxidation sites excluding steroid dienone is 4. The molecule has 3 aromatic rings. The summed E-state index contributed by atoms with van der Waals surface area (Å²) in [5.41, 5.74) is 9.03. The van der Waals surface area contributed by atoms with Gasteiger partial charge in [-0.15, -0.1) is 5.10 Å². The van der Waals surface area contributed by atoms with Gasteiger partial charge in [0.1, 0.15) is 0 Å². The molecule has 2 aliphatic rings. The second-order valence-corrected chi connectivity index (χ2v) is 9.52. The van der Waals surface area contributed by atoms with Crippen molar-refractivity contribution < 1.29 is 14.3 Å². The van der Waals surface area contributed by atoms with Crippen LogP contribution in [0.15, 0.2) is 52.8 Å². The van der Waals surface area contributed by atoms with Crippen LogP contribution < -0.4 is 5.73 Å². The summed E-state index contributed by atoms with van der Waals surface area (Å²) in [5.74, 6) is 1.68. The minimum absolute atomic E-state index is 0.142. The van der Waals surface area contributed by atoms with Crippen LogP contribution in [-0.4, -0.2) is 98.2 Å². The monoisotopic (exact) mass is 552 g/mol. The van der Waals surface area contributed by atoms with Crippen molar-refractivity contribution in [2.75, 3.05) is 58.7 Å². The molecule has 1 unspecified atom stereocenters. The van der Waals surface area contributed by atoms with Crippen molar-refractivity contribution >= 4 is 17.5 Å². The molecule has 0 bridgehead atoms. The Bertz CT molecular complexity index is 1260. The number of carbonyl (C=O) groups is 1. The molecule has 3 aromatic heterocycles. The molecule has 1 saturated heterocycles. The number of nitrogen functional groups attached to an aromatic ring is 1. The van der Waals surface area contributed by atoms with Crippen molar-refractivity contribution in [2.45, 2.75) is 46.5 Å². The molecule has 11 nitrogen and oxygen atoms in total. The second-order valence-electron chi connectivity index (χ2n) is 9.52. The summed E-state index contributed by atoms with van der Waals surface area (Å²) in [6.45, 7) is 13.1. The number of amides is 1. The van der Waals surface area contributed by atoms with Crippen LogP contribution in [0.4, 0.5) is 5.95 Å². The number of aromatic nitrogens is 4. The van der Waals surface area contributed by atoms with Crippen LogP contribution in [0.25, 0.3) is 17.2 Å². The van der Waals surface area contributed by atoms with Crippen LogP contribution >= 0.6 is 0 Å². The Hall–Kier alpha value is -3.70. The van der Waals surface area contributed by atoms with E-state index in [0.29, 0.717) is 23.2 Å². The predicted octanol–water partition coefficient (Wildman–Crippen LogP) is 3.40. The number of aliphatic hydroxyl groups excluding tert-OH is 1. The van der Waals surface area contributed by atoms with Crippen molar-refractivity contribution in [2.24, 2.45) is 0 Å². The summed E-state index contributed by atoms with van der Waals surface area (Å²) in [7, 11) is 1.98. The summed E-state index contributed by atoms with van der Waals surface area (Å²) in [6, 6.07) is 5.56. The largest absolute Gasteiger partial charge is 0.461 e. The van der Waals surface area contributed by atoms with Crippen LogP contribution in [0.1, 0.15) is 52.1 Å². The van der Waals surface area contributed by atoms with E-state index in [4.69, 9.17) is 15.3 Å². The first-order chi connectivity index (χ1) is 19.4. The zero-order valence-electron chi connectivity index (χ0n) is 24.5. The van der Waals surface area contributed by atoms with E-state index in [0.717, 1.165) is 57.8 Å². The minimum Gasteiger partial charge on any atom is -0.461 e. The fraction of sp³-hybridized carbons (Fsp3) is 0.517. The highest BCUT2D eigenvalue weighted by Gasteiger charge is 2.23. The molecule has 40 heavy (non-hydrogen) atoms. The zero-order chi connectivity index (χ0) is 29.1. The Labute approximate surface area is 237 Å². The average molecular weight is 553 g/mol. The van der Waals surface area contributed by atoms with Crippen molar-refractivity contribution in [1.29, 1.82) is 0 Å². The number of piperazine rings is 1. The average Bonchev–Trinajstić information content (AvgIpc) is 3.60. The van der Waals surface area contributed by atoms with E-state index in [2.05, 4.69) is 50.0 Å². The second kappa shape index (κ2) is 15.2. The minimum atomic E-state index is 0.142. The van der Waals surface area contributed by atoms with Crippen LogP contribution in [0.5, 0.6) is 0 Å². The number of likely N-dealkylation sites (N-methyl/N-ethyl adjacent to an activating group) is 1. The SMILES string of the molecule is CC.CC(=O)N1CCN(C2=CC=CC(c3cc4nc(-c5ccco5)nn4c(N)n3)CC2)CC1.CCN(C)CCO. The molecule has 1 aliphatic carbocycles. The quantitative estimate of drug-likeness (QED) is 0.473. The van der Waals surface area contributed by atoms with E-state index in [-0.39, 0.29) is 18.4 Å². The number of rotatable bonds is 6. The maximum atomic E-state index is 11.6. The third kappa shape index (κ3) is 7.92. The smallest absolute Gasteiger partial charge is 0.223 e. The lowest BCUT2D eigenvalue weighted by molar-refractivity contribution is -0.130. The molecule has 0 aromatic carbocycles. The first-order valence-electron chi connectivity index (χ1n) is 14.1. The van der Waals surface area contributed by atoms with Crippen molar-refractivity contribution in [3.8, 4) is 11.6 Å². The van der Waals surface area contributed by atoms with E-state index >= 15 is 0 Å². The van der Waals surface area contributed by atoms with E-state index in [1.54, 1.807) is 23.8 Å². The van der Waals surface area contributed by atoms with Crippen LogP contribution in [0, 0.1) is 0 Å². The molecule has 1 fully saturated rings. The summed E-state index contributed by atoms with van der Waals surface area (Å²) in [5, 5.41) is 12.7. The van der Waals surface area contributed by atoms with Crippen LogP contribution in [0.3, 0.4) is 0 Å². The number of hydrogen-bond donors (Lipinski definition) is 2. The van der Waals surface area contributed by atoms with E-state index in [1.807, 2.05) is 37.9 Å². The Kier molecular flexibility index (Phi) is 11.7. The molecule has 4 heterocycles. The van der Waals surface area contributed by atoms with Crippen molar-refractivity contribution in [3.63, 3.8) is 0 Å². The maximum Gasteiger partial charge on any atom is 0.223 e. The van der Waals surface area contributed by atoms with Crippen molar-refractivity contribution in [1.82, 2.24) is 34.3 Å². The van der Waals surface area contributed by atoms with Crippen molar-refractivity contribution in [3.05, 3.63) is 54.1 Å². The van der Waals surface area contributed by atoms with Gasteiger partial charge in [0.15, 0.2) is 11.4 Å². The van der Waals surface area contributed by atoms with Gasteiger partial charge in [0.25, 0.3) is 0 Å². The highest BCUT2D eigenvalue weighted by molar-refractivity contribution is 5.73. The number of nitrogens with two attached hydrogens (primary N) is 1. The summed E-state index contributed by atoms with van der Waals surface area (Å²) in [6.07, 6.45) is 9.91. The van der Waals surface area contributed by atoms with Gasteiger partial charge in [-0.1, -0.05) is 32.9 Å². The summed E-state index contributed by atoms with van der Waals surface area (Å²) >= 11 is 0. The molecule has 0 spiro atoms. The molecule has 1 amide bonds. The van der Waals surface area contributed by atoms with Crippen LogP contribution in [0.2, 0.25) is 0 Å². The number of nitrogens with zero attached hydrogens (tertiary/aromatic N) is 7. The highest BCUT2D eigenvalue weighted by Crippen LogP contribution is 2.29. The predicted molar refractivity (Wildman–Crippen MR) is 158 cm³/mol. The lowest BCUT2D eigenvalue weighted by atomic mass is 9.99. The number of carbonyl (C=O) groups excluding carboxylic acids is 1. The Morgan fingerprint density at radius 2 is 1.98 bits per heavy atom. The van der Waals surface area contributed by atoms with Gasteiger partial charge in [-0.3, -0.25) is 4.79 Å². The van der Waals surface area contributed by atoms with Gasteiger partial charge < -0.3 is 30.0 Å². The van der Waals surface area contributed by atoms with E-state index in [9.17, 15) is 4.79 Å². The Morgan fingerprint density at radius 1 is 1.23 bits per heavy atom. The zero-order valence-corrected chi connectivity index (χ0v) is 24.5. The number of fused-ring (bicyclic) bond motifs is 1. The molecule has 3 N–H and O–H groups in total. The standard InChI is InChI=1S/C22H25N7O2.C5H13NO.C2H6/c1-15(30)27-9-11-28(12-10-27)17-5-2-4-16(7-8-17)18-14-20-25-21(19-6-3-13-31-19)26-29(20)22(23)24-18;1-3-6(2)4-5-7;1-2/h2-6,13-14,16H,7-12H2,1H3,(H2,23,24);7H,3-5H2,1-2H3;1-2H3. The third-order valence-corrected chi connectivity index (χ3v) is 6.99. The van der Waals surface area contributed by atoms with Crippen LogP contribution in [-0.2, 0) is 4.79 Å². The summed E-state index contributed by atoms with van der Waals surface area (Å²) in [4.78, 5) is 27.1.